The third-order valence-corrected chi connectivity index (χ3v) is 1.77. The van der Waals surface area contributed by atoms with Gasteiger partial charge in [0.05, 0.1) is 0 Å². The number of amidine groups is 1. The molecule has 0 spiro atoms. The van der Waals surface area contributed by atoms with Crippen LogP contribution in [0.2, 0.25) is 0 Å². The summed E-state index contributed by atoms with van der Waals surface area (Å²) in [5, 5.41) is 9.62. The highest BCUT2D eigenvalue weighted by Crippen LogP contribution is 2.10. The Balaban J connectivity index is 2.85. The molecular weight excluding hydrogens is 209 g/mol. The highest BCUT2D eigenvalue weighted by atomic mass is 19.1. The first kappa shape index (κ1) is 11.9. The van der Waals surface area contributed by atoms with Crippen LogP contribution in [-0.2, 0) is 4.79 Å². The van der Waals surface area contributed by atoms with E-state index in [2.05, 4.69) is 5.32 Å². The van der Waals surface area contributed by atoms with Crippen LogP contribution in [0.4, 0.5) is 4.39 Å². The summed E-state index contributed by atoms with van der Waals surface area (Å²) in [6.07, 6.45) is 1.26. The second-order valence-corrected chi connectivity index (χ2v) is 3.20. The average molecular weight is 221 g/mol. The van der Waals surface area contributed by atoms with E-state index in [9.17, 15) is 9.18 Å². The molecule has 0 aliphatic carbocycles. The summed E-state index contributed by atoms with van der Waals surface area (Å²) in [7, 11) is 0. The third kappa shape index (κ3) is 3.53. The van der Waals surface area contributed by atoms with Crippen molar-refractivity contribution in [1.29, 1.82) is 5.41 Å². The number of nitrogens with one attached hydrogen (secondary N) is 2. The second kappa shape index (κ2) is 5.06. The number of nitrogens with two attached hydrogens (primary N) is 1. The summed E-state index contributed by atoms with van der Waals surface area (Å²) in [6, 6.07) is 5.70. The molecule has 0 saturated heterocycles. The Labute approximate surface area is 92.5 Å². The minimum absolute atomic E-state index is 0.130. The molecule has 0 saturated carbocycles. The fourth-order valence-corrected chi connectivity index (χ4v) is 1.13. The summed E-state index contributed by atoms with van der Waals surface area (Å²) in [6.45, 7) is 1.29. The highest BCUT2D eigenvalue weighted by Gasteiger charge is 2.01. The minimum atomic E-state index is -0.403. The molecule has 1 rings (SSSR count). The number of hydrogen-bond donors (Lipinski definition) is 3. The van der Waals surface area contributed by atoms with Gasteiger partial charge in [0.25, 0.3) is 0 Å². The first-order chi connectivity index (χ1) is 7.49. The monoisotopic (exact) mass is 221 g/mol. The number of carbonyl (C=O) groups is 1. The molecule has 4 N–H and O–H groups in total. The molecular formula is C11H12FN3O. The average Bonchev–Trinajstić information content (AvgIpc) is 2.16. The molecule has 84 valence electrons. The summed E-state index contributed by atoms with van der Waals surface area (Å²) >= 11 is 0. The lowest BCUT2D eigenvalue weighted by Crippen LogP contribution is -2.26. The lowest BCUT2D eigenvalue weighted by molar-refractivity contribution is -0.117. The van der Waals surface area contributed by atoms with Gasteiger partial charge in [-0.2, -0.15) is 0 Å². The second-order valence-electron chi connectivity index (χ2n) is 3.20. The Hall–Kier alpha value is -2.17. The van der Waals surface area contributed by atoms with E-state index in [1.54, 1.807) is 6.07 Å². The Morgan fingerprint density at radius 1 is 1.56 bits per heavy atom. The van der Waals surface area contributed by atoms with E-state index in [0.717, 1.165) is 0 Å². The summed E-state index contributed by atoms with van der Waals surface area (Å²) < 4.78 is 12.9. The number of carbonyl (C=O) groups excluding carboxylic acids is 1. The van der Waals surface area contributed by atoms with Crippen LogP contribution in [0.5, 0.6) is 0 Å². The maximum atomic E-state index is 12.9. The molecule has 0 aliphatic rings. The van der Waals surface area contributed by atoms with Crippen molar-refractivity contribution < 1.29 is 9.18 Å². The maximum Gasteiger partial charge on any atom is 0.222 e. The van der Waals surface area contributed by atoms with Crippen LogP contribution < -0.4 is 11.1 Å². The normalized spacial score (nSPS) is 11.0. The molecule has 0 bridgehead atoms. The van der Waals surface area contributed by atoms with E-state index in [4.69, 9.17) is 11.1 Å². The standard InChI is InChI=1S/C11H12FN3O/c1-7(16)15-11(14)6-10(13)8-3-2-4-9(12)5-8/h2-6H,13H2,1H3,(H2,14,15,16). The molecule has 0 heterocycles. The smallest absolute Gasteiger partial charge is 0.222 e. The zero-order chi connectivity index (χ0) is 12.1. The molecule has 16 heavy (non-hydrogen) atoms. The molecule has 0 atom stereocenters. The van der Waals surface area contributed by atoms with Crippen LogP contribution >= 0.6 is 0 Å². The van der Waals surface area contributed by atoms with Gasteiger partial charge in [0, 0.05) is 24.3 Å². The maximum absolute atomic E-state index is 12.9. The molecule has 0 aromatic heterocycles. The summed E-state index contributed by atoms with van der Waals surface area (Å²) in [5.74, 6) is -0.887. The molecule has 5 heteroatoms. The van der Waals surface area contributed by atoms with Gasteiger partial charge in [-0.25, -0.2) is 4.39 Å². The van der Waals surface area contributed by atoms with E-state index in [1.165, 1.54) is 31.2 Å². The number of amides is 1. The van der Waals surface area contributed by atoms with Crippen molar-refractivity contribution in [1.82, 2.24) is 5.32 Å². The SMILES string of the molecule is CC(=O)NC(=N)C=C(N)c1cccc(F)c1. The van der Waals surface area contributed by atoms with E-state index in [1.807, 2.05) is 0 Å². The predicted octanol–water partition coefficient (Wildman–Crippen LogP) is 1.24. The lowest BCUT2D eigenvalue weighted by Gasteiger charge is -2.03. The molecule has 1 aromatic carbocycles. The van der Waals surface area contributed by atoms with Crippen LogP contribution in [0.15, 0.2) is 30.3 Å². The zero-order valence-electron chi connectivity index (χ0n) is 8.75. The van der Waals surface area contributed by atoms with E-state index in [0.29, 0.717) is 5.56 Å². The predicted molar refractivity (Wildman–Crippen MR) is 60.1 cm³/mol. The van der Waals surface area contributed by atoms with Crippen molar-refractivity contribution in [2.45, 2.75) is 6.92 Å². The summed E-state index contributed by atoms with van der Waals surface area (Å²) in [4.78, 5) is 10.6. The van der Waals surface area contributed by atoms with E-state index in [-0.39, 0.29) is 17.4 Å². The van der Waals surface area contributed by atoms with Crippen molar-refractivity contribution in [2.24, 2.45) is 5.73 Å². The largest absolute Gasteiger partial charge is 0.398 e. The zero-order valence-corrected chi connectivity index (χ0v) is 8.75. The Morgan fingerprint density at radius 2 is 2.25 bits per heavy atom. The molecule has 4 nitrogen and oxygen atoms in total. The minimum Gasteiger partial charge on any atom is -0.398 e. The third-order valence-electron chi connectivity index (χ3n) is 1.77. The van der Waals surface area contributed by atoms with Crippen molar-refractivity contribution in [3.63, 3.8) is 0 Å². The van der Waals surface area contributed by atoms with Gasteiger partial charge in [-0.05, 0) is 12.1 Å². The van der Waals surface area contributed by atoms with Crippen molar-refractivity contribution >= 4 is 17.4 Å². The molecule has 1 amide bonds. The molecule has 0 radical (unpaired) electrons. The van der Waals surface area contributed by atoms with Crippen molar-refractivity contribution in [2.75, 3.05) is 0 Å². The Morgan fingerprint density at radius 3 is 2.81 bits per heavy atom. The van der Waals surface area contributed by atoms with Gasteiger partial charge in [0.1, 0.15) is 11.7 Å². The van der Waals surface area contributed by atoms with Gasteiger partial charge in [-0.15, -0.1) is 0 Å². The highest BCUT2D eigenvalue weighted by molar-refractivity contribution is 6.05. The number of rotatable bonds is 2. The van der Waals surface area contributed by atoms with Crippen LogP contribution in [0.25, 0.3) is 5.70 Å². The van der Waals surface area contributed by atoms with Crippen LogP contribution in [0.1, 0.15) is 12.5 Å². The van der Waals surface area contributed by atoms with Gasteiger partial charge in [-0.1, -0.05) is 12.1 Å². The van der Waals surface area contributed by atoms with Crippen molar-refractivity contribution in [3.8, 4) is 0 Å². The molecule has 1 aromatic rings. The van der Waals surface area contributed by atoms with Crippen LogP contribution in [-0.4, -0.2) is 11.7 Å². The van der Waals surface area contributed by atoms with Gasteiger partial charge in [0.15, 0.2) is 0 Å². The fourth-order valence-electron chi connectivity index (χ4n) is 1.13. The molecule has 0 aliphatic heterocycles. The number of hydrogen-bond acceptors (Lipinski definition) is 3. The van der Waals surface area contributed by atoms with Gasteiger partial charge < -0.3 is 11.1 Å². The van der Waals surface area contributed by atoms with Crippen LogP contribution in [0.3, 0.4) is 0 Å². The quantitative estimate of drug-likeness (QED) is 0.519. The summed E-state index contributed by atoms with van der Waals surface area (Å²) in [5.41, 5.74) is 6.33. The number of benzene rings is 1. The van der Waals surface area contributed by atoms with Gasteiger partial charge in [-0.3, -0.25) is 10.2 Å². The van der Waals surface area contributed by atoms with Gasteiger partial charge in [0.2, 0.25) is 5.91 Å². The number of halogens is 1. The van der Waals surface area contributed by atoms with E-state index >= 15 is 0 Å². The Bertz CT molecular complexity index is 454. The first-order valence-electron chi connectivity index (χ1n) is 4.58. The first-order valence-corrected chi connectivity index (χ1v) is 4.58. The topological polar surface area (TPSA) is 79.0 Å². The van der Waals surface area contributed by atoms with Crippen LogP contribution in [0, 0.1) is 11.2 Å². The molecule has 0 fully saturated rings. The van der Waals surface area contributed by atoms with Gasteiger partial charge >= 0.3 is 0 Å². The lowest BCUT2D eigenvalue weighted by atomic mass is 10.1. The molecule has 0 unspecified atom stereocenters. The van der Waals surface area contributed by atoms with Crippen molar-refractivity contribution in [3.05, 3.63) is 41.7 Å². The Kier molecular flexibility index (Phi) is 3.77. The van der Waals surface area contributed by atoms with E-state index < -0.39 is 5.82 Å². The fraction of sp³-hybridized carbons (Fsp3) is 0.0909.